The summed E-state index contributed by atoms with van der Waals surface area (Å²) in [5.74, 6) is -2.20. The molecule has 11 nitrogen and oxygen atoms in total. The van der Waals surface area contributed by atoms with Crippen molar-refractivity contribution >= 4 is 38.1 Å². The van der Waals surface area contributed by atoms with Gasteiger partial charge in [0.25, 0.3) is 0 Å². The van der Waals surface area contributed by atoms with E-state index in [9.17, 15) is 21.6 Å². The lowest BCUT2D eigenvalue weighted by Crippen LogP contribution is -2.21. The average Bonchev–Trinajstić information content (AvgIpc) is 3.31. The number of hydrogen-bond acceptors (Lipinski definition) is 6. The summed E-state index contributed by atoms with van der Waals surface area (Å²) < 4.78 is 57.6. The quantitative estimate of drug-likeness (QED) is 0.434. The van der Waals surface area contributed by atoms with Crippen molar-refractivity contribution < 1.29 is 31.5 Å². The number of nitrogens with one attached hydrogen (secondary N) is 1. The molecular weight excluding hydrogens is 407 g/mol. The van der Waals surface area contributed by atoms with Crippen LogP contribution < -0.4 is 5.14 Å². The number of halogens is 3. The minimum Gasteiger partial charge on any atom is -0.475 e. The number of nitrogens with zero attached hydrogens (tertiary/aromatic N) is 5. The van der Waals surface area contributed by atoms with Crippen molar-refractivity contribution in [1.29, 1.82) is 0 Å². The highest BCUT2D eigenvalue weighted by Gasteiger charge is 2.38. The molecule has 4 N–H and O–H groups in total. The van der Waals surface area contributed by atoms with Crippen LogP contribution in [0.4, 0.5) is 13.2 Å². The molecule has 0 spiro atoms. The molecule has 0 radical (unpaired) electrons. The summed E-state index contributed by atoms with van der Waals surface area (Å²) in [6.07, 6.45) is 1.09. The number of aliphatic carboxylic acids is 1. The summed E-state index contributed by atoms with van der Waals surface area (Å²) in [6.45, 7) is 0. The molecule has 0 aromatic carbocycles. The lowest BCUT2D eigenvalue weighted by molar-refractivity contribution is -0.192. The zero-order valence-electron chi connectivity index (χ0n) is 13.5. The molecule has 0 aliphatic carbocycles. The van der Waals surface area contributed by atoms with E-state index in [2.05, 4.69) is 20.3 Å². The monoisotopic (exact) mass is 417 g/mol. The first kappa shape index (κ1) is 19.3. The third-order valence-corrected chi connectivity index (χ3v) is 4.28. The predicted molar refractivity (Wildman–Crippen MR) is 88.7 cm³/mol. The zero-order chi connectivity index (χ0) is 20.7. The summed E-state index contributed by atoms with van der Waals surface area (Å²) in [4.78, 5) is 13.2. The van der Waals surface area contributed by atoms with Gasteiger partial charge in [-0.2, -0.15) is 36.5 Å². The maximum absolute atomic E-state index is 11.7. The first-order chi connectivity index (χ1) is 13.0. The van der Waals surface area contributed by atoms with E-state index in [0.29, 0.717) is 27.8 Å². The van der Waals surface area contributed by atoms with E-state index in [0.717, 1.165) is 3.97 Å². The fourth-order valence-corrected chi connectivity index (χ4v) is 3.01. The highest BCUT2D eigenvalue weighted by molar-refractivity contribution is 7.87. The first-order valence-electron chi connectivity index (χ1n) is 7.17. The second kappa shape index (κ2) is 6.61. The Labute approximate surface area is 153 Å². The highest BCUT2D eigenvalue weighted by Crippen LogP contribution is 2.26. The van der Waals surface area contributed by atoms with Crippen LogP contribution in [0.15, 0.2) is 36.9 Å². The van der Waals surface area contributed by atoms with E-state index in [1.807, 2.05) is 0 Å². The normalized spacial score (nSPS) is 12.1. The first-order valence-corrected chi connectivity index (χ1v) is 8.68. The number of carboxylic acids is 1. The van der Waals surface area contributed by atoms with Gasteiger partial charge in [-0.25, -0.2) is 18.9 Å². The highest BCUT2D eigenvalue weighted by atomic mass is 32.2. The number of fused-ring (bicyclic) bond motifs is 3. The SMILES string of the molecule is NS(=O)(=O)n1ccc2cnc3c(cnn3-c3cc[nH]n3)c21.O=C(O)C(F)(F)F. The molecule has 4 heterocycles. The molecule has 28 heavy (non-hydrogen) atoms. The van der Waals surface area contributed by atoms with Gasteiger partial charge in [0.2, 0.25) is 0 Å². The number of rotatable bonds is 2. The third kappa shape index (κ3) is 3.52. The lowest BCUT2D eigenvalue weighted by atomic mass is 10.2. The van der Waals surface area contributed by atoms with E-state index in [1.54, 1.807) is 30.7 Å². The minimum atomic E-state index is -5.08. The molecule has 0 atom stereocenters. The van der Waals surface area contributed by atoms with E-state index < -0.39 is 22.4 Å². The molecule has 0 saturated carbocycles. The molecule has 0 saturated heterocycles. The van der Waals surface area contributed by atoms with Crippen molar-refractivity contribution in [1.82, 2.24) is 28.9 Å². The number of aromatic nitrogens is 6. The number of pyridine rings is 1. The van der Waals surface area contributed by atoms with Gasteiger partial charge in [0.15, 0.2) is 11.5 Å². The average molecular weight is 417 g/mol. The van der Waals surface area contributed by atoms with Crippen molar-refractivity contribution in [2.75, 3.05) is 0 Å². The van der Waals surface area contributed by atoms with Gasteiger partial charge in [0.05, 0.1) is 17.1 Å². The number of aromatic amines is 1. The maximum atomic E-state index is 11.7. The Morgan fingerprint density at radius 3 is 2.46 bits per heavy atom. The van der Waals surface area contributed by atoms with Crippen molar-refractivity contribution in [3.05, 3.63) is 36.9 Å². The summed E-state index contributed by atoms with van der Waals surface area (Å²) in [7, 11) is -3.89. The Bertz CT molecular complexity index is 1260. The Hall–Kier alpha value is -3.46. The molecule has 4 aromatic heterocycles. The van der Waals surface area contributed by atoms with Gasteiger partial charge < -0.3 is 5.11 Å². The smallest absolute Gasteiger partial charge is 0.475 e. The standard InChI is InChI=1S/C11H9N7O2S.C2HF3O2/c12-21(19,20)17-4-2-7-5-13-11-8(10(7)17)6-15-18(11)9-1-3-14-16-9;3-2(4,5)1(6)7/h1-6H,(H,14,16)(H2,12,19,20);(H,6,7). The van der Waals surface area contributed by atoms with Crippen LogP contribution in [0.25, 0.3) is 27.8 Å². The molecule has 0 aliphatic heterocycles. The van der Waals surface area contributed by atoms with Crippen LogP contribution in [-0.2, 0) is 15.0 Å². The Kier molecular flexibility index (Phi) is 4.56. The van der Waals surface area contributed by atoms with Crippen molar-refractivity contribution in [3.63, 3.8) is 0 Å². The van der Waals surface area contributed by atoms with Gasteiger partial charge >= 0.3 is 22.4 Å². The van der Waals surface area contributed by atoms with Crippen LogP contribution in [0.5, 0.6) is 0 Å². The van der Waals surface area contributed by atoms with Gasteiger partial charge in [-0.3, -0.25) is 5.10 Å². The number of nitrogens with two attached hydrogens (primary N) is 1. The van der Waals surface area contributed by atoms with Crippen LogP contribution in [0.2, 0.25) is 0 Å². The van der Waals surface area contributed by atoms with Crippen LogP contribution in [0.1, 0.15) is 0 Å². The lowest BCUT2D eigenvalue weighted by Gasteiger charge is -2.03. The van der Waals surface area contributed by atoms with Crippen LogP contribution in [0.3, 0.4) is 0 Å². The summed E-state index contributed by atoms with van der Waals surface area (Å²) >= 11 is 0. The number of hydrogen-bond donors (Lipinski definition) is 3. The van der Waals surface area contributed by atoms with Crippen LogP contribution in [-0.4, -0.2) is 54.6 Å². The molecule has 4 aromatic rings. The van der Waals surface area contributed by atoms with E-state index in [1.165, 1.54) is 10.9 Å². The van der Waals surface area contributed by atoms with Gasteiger partial charge in [-0.15, -0.1) is 0 Å². The maximum Gasteiger partial charge on any atom is 0.490 e. The fourth-order valence-electron chi connectivity index (χ4n) is 2.32. The predicted octanol–water partition coefficient (Wildman–Crippen LogP) is 0.783. The second-order valence-electron chi connectivity index (χ2n) is 5.25. The molecule has 15 heteroatoms. The van der Waals surface area contributed by atoms with Gasteiger partial charge in [0, 0.05) is 30.0 Å². The zero-order valence-corrected chi connectivity index (χ0v) is 14.3. The van der Waals surface area contributed by atoms with Gasteiger partial charge in [-0.05, 0) is 6.07 Å². The van der Waals surface area contributed by atoms with Crippen molar-refractivity contribution in [3.8, 4) is 5.82 Å². The molecule has 0 amide bonds. The molecule has 148 valence electrons. The Balaban J connectivity index is 0.000000279. The van der Waals surface area contributed by atoms with Crippen molar-refractivity contribution in [2.24, 2.45) is 5.14 Å². The van der Waals surface area contributed by atoms with Crippen LogP contribution in [0, 0.1) is 0 Å². The summed E-state index contributed by atoms with van der Waals surface area (Å²) in [5, 5.41) is 24.5. The summed E-state index contributed by atoms with van der Waals surface area (Å²) in [5.41, 5.74) is 0.947. The molecule has 0 aliphatic rings. The number of H-pyrrole nitrogens is 1. The Morgan fingerprint density at radius 1 is 1.25 bits per heavy atom. The molecule has 0 bridgehead atoms. The fraction of sp³-hybridized carbons (Fsp3) is 0.0769. The molecule has 0 fully saturated rings. The Morgan fingerprint density at radius 2 is 1.93 bits per heavy atom. The number of carbonyl (C=O) groups is 1. The molecule has 4 rings (SSSR count). The largest absolute Gasteiger partial charge is 0.490 e. The van der Waals surface area contributed by atoms with Crippen LogP contribution >= 0.6 is 0 Å². The third-order valence-electron chi connectivity index (χ3n) is 3.43. The van der Waals surface area contributed by atoms with E-state index >= 15 is 0 Å². The number of alkyl halides is 3. The van der Waals surface area contributed by atoms with E-state index in [4.69, 9.17) is 15.0 Å². The second-order valence-corrected chi connectivity index (χ2v) is 6.67. The minimum absolute atomic E-state index is 0.448. The summed E-state index contributed by atoms with van der Waals surface area (Å²) in [6, 6.07) is 3.37. The van der Waals surface area contributed by atoms with Gasteiger partial charge in [-0.1, -0.05) is 0 Å². The van der Waals surface area contributed by atoms with Gasteiger partial charge in [0.1, 0.15) is 0 Å². The molecule has 0 unspecified atom stereocenters. The topological polar surface area (TPSA) is 162 Å². The number of carboxylic acid groups (broad SMARTS) is 1. The molecular formula is C13H10F3N7O4S. The van der Waals surface area contributed by atoms with Crippen molar-refractivity contribution in [2.45, 2.75) is 6.18 Å². The van der Waals surface area contributed by atoms with E-state index in [-0.39, 0.29) is 0 Å².